The zero-order chi connectivity index (χ0) is 15.6. The third-order valence-electron chi connectivity index (χ3n) is 3.88. The van der Waals surface area contributed by atoms with Crippen LogP contribution in [0.4, 0.5) is 10.1 Å². The van der Waals surface area contributed by atoms with Crippen molar-refractivity contribution in [2.24, 2.45) is 17.8 Å². The summed E-state index contributed by atoms with van der Waals surface area (Å²) in [6.07, 6.45) is 0.961. The van der Waals surface area contributed by atoms with Crippen LogP contribution in [0.5, 0.6) is 5.75 Å². The van der Waals surface area contributed by atoms with E-state index in [9.17, 15) is 19.1 Å². The lowest BCUT2D eigenvalue weighted by atomic mass is 9.95. The Morgan fingerprint density at radius 1 is 1.33 bits per heavy atom. The van der Waals surface area contributed by atoms with Crippen molar-refractivity contribution in [2.45, 2.75) is 19.8 Å². The quantitative estimate of drug-likeness (QED) is 0.895. The molecule has 1 amide bonds. The Balaban J connectivity index is 2.16. The van der Waals surface area contributed by atoms with Crippen LogP contribution in [0, 0.1) is 23.6 Å². The number of halogens is 1. The number of nitrogens with one attached hydrogen (secondary N) is 1. The first-order valence-electron chi connectivity index (χ1n) is 6.79. The monoisotopic (exact) mass is 295 g/mol. The van der Waals surface area contributed by atoms with Gasteiger partial charge in [0.25, 0.3) is 0 Å². The summed E-state index contributed by atoms with van der Waals surface area (Å²) in [5, 5.41) is 11.7. The maximum absolute atomic E-state index is 13.7. The van der Waals surface area contributed by atoms with Crippen LogP contribution >= 0.6 is 0 Å². The number of ether oxygens (including phenoxy) is 1. The van der Waals surface area contributed by atoms with Gasteiger partial charge in [-0.1, -0.05) is 6.92 Å². The number of benzene rings is 1. The topological polar surface area (TPSA) is 75.6 Å². The third kappa shape index (κ3) is 3.32. The average Bonchev–Trinajstić information content (AvgIpc) is 2.83. The van der Waals surface area contributed by atoms with E-state index in [1.54, 1.807) is 0 Å². The van der Waals surface area contributed by atoms with Crippen LogP contribution in [0.25, 0.3) is 0 Å². The summed E-state index contributed by atoms with van der Waals surface area (Å²) in [4.78, 5) is 23.5. The van der Waals surface area contributed by atoms with Gasteiger partial charge < -0.3 is 15.2 Å². The lowest BCUT2D eigenvalue weighted by Crippen LogP contribution is -2.30. The largest absolute Gasteiger partial charge is 0.497 e. The number of hydrogen-bond acceptors (Lipinski definition) is 3. The second-order valence-electron chi connectivity index (χ2n) is 5.46. The van der Waals surface area contributed by atoms with Gasteiger partial charge in [0.2, 0.25) is 5.91 Å². The van der Waals surface area contributed by atoms with Crippen molar-refractivity contribution in [2.75, 3.05) is 12.4 Å². The van der Waals surface area contributed by atoms with Crippen molar-refractivity contribution in [3.05, 3.63) is 24.0 Å². The van der Waals surface area contributed by atoms with Crippen molar-refractivity contribution < 1.29 is 23.8 Å². The number of carboxylic acid groups (broad SMARTS) is 1. The fourth-order valence-corrected chi connectivity index (χ4v) is 2.81. The van der Waals surface area contributed by atoms with Gasteiger partial charge in [-0.15, -0.1) is 0 Å². The second-order valence-corrected chi connectivity index (χ2v) is 5.46. The number of rotatable bonds is 4. The minimum Gasteiger partial charge on any atom is -0.497 e. The van der Waals surface area contributed by atoms with Crippen LogP contribution in [-0.4, -0.2) is 24.1 Å². The maximum Gasteiger partial charge on any atom is 0.307 e. The molecule has 3 unspecified atom stereocenters. The Morgan fingerprint density at radius 3 is 2.62 bits per heavy atom. The fraction of sp³-hybridized carbons (Fsp3) is 0.467. The number of anilines is 1. The molecular formula is C15H18FNO4. The van der Waals surface area contributed by atoms with E-state index in [2.05, 4.69) is 5.32 Å². The molecule has 114 valence electrons. The summed E-state index contributed by atoms with van der Waals surface area (Å²) in [6.45, 7) is 1.91. The first kappa shape index (κ1) is 15.3. The van der Waals surface area contributed by atoms with Gasteiger partial charge in [0.05, 0.1) is 24.6 Å². The van der Waals surface area contributed by atoms with E-state index in [0.717, 1.165) is 0 Å². The van der Waals surface area contributed by atoms with Gasteiger partial charge in [0.1, 0.15) is 11.6 Å². The summed E-state index contributed by atoms with van der Waals surface area (Å²) < 4.78 is 18.7. The Bertz CT molecular complexity index is 561. The van der Waals surface area contributed by atoms with E-state index in [-0.39, 0.29) is 11.6 Å². The first-order valence-corrected chi connectivity index (χ1v) is 6.79. The zero-order valence-corrected chi connectivity index (χ0v) is 11.9. The van der Waals surface area contributed by atoms with Crippen LogP contribution < -0.4 is 10.1 Å². The number of methoxy groups -OCH3 is 1. The highest BCUT2D eigenvalue weighted by Gasteiger charge is 2.41. The predicted molar refractivity (Wildman–Crippen MR) is 74.6 cm³/mol. The molecule has 0 spiro atoms. The zero-order valence-electron chi connectivity index (χ0n) is 11.9. The molecule has 2 N–H and O–H groups in total. The van der Waals surface area contributed by atoms with Crippen LogP contribution in [0.15, 0.2) is 18.2 Å². The van der Waals surface area contributed by atoms with E-state index >= 15 is 0 Å². The minimum absolute atomic E-state index is 0.00282. The predicted octanol–water partition coefficient (Wildman–Crippen LogP) is 2.52. The molecule has 0 saturated heterocycles. The number of hydrogen-bond donors (Lipinski definition) is 2. The van der Waals surface area contributed by atoms with Gasteiger partial charge in [-0.05, 0) is 30.9 Å². The molecule has 1 aromatic carbocycles. The molecule has 0 bridgehead atoms. The van der Waals surface area contributed by atoms with Crippen LogP contribution in [0.2, 0.25) is 0 Å². The second kappa shape index (κ2) is 6.11. The van der Waals surface area contributed by atoms with E-state index < -0.39 is 29.5 Å². The van der Waals surface area contributed by atoms with Gasteiger partial charge in [0.15, 0.2) is 0 Å². The molecule has 2 rings (SSSR count). The van der Waals surface area contributed by atoms with E-state index in [0.29, 0.717) is 18.6 Å². The van der Waals surface area contributed by atoms with Crippen molar-refractivity contribution in [3.8, 4) is 5.75 Å². The first-order chi connectivity index (χ1) is 9.92. The van der Waals surface area contributed by atoms with Crippen molar-refractivity contribution >= 4 is 17.6 Å². The summed E-state index contributed by atoms with van der Waals surface area (Å²) in [5.41, 5.74) is 0.00282. The smallest absolute Gasteiger partial charge is 0.307 e. The number of carboxylic acids is 1. The minimum atomic E-state index is -0.981. The van der Waals surface area contributed by atoms with E-state index in [1.807, 2.05) is 6.92 Å². The van der Waals surface area contributed by atoms with Crippen molar-refractivity contribution in [1.29, 1.82) is 0 Å². The molecule has 0 aliphatic heterocycles. The molecule has 5 nitrogen and oxygen atoms in total. The molecule has 1 aliphatic carbocycles. The molecule has 3 atom stereocenters. The summed E-state index contributed by atoms with van der Waals surface area (Å²) >= 11 is 0. The molecule has 0 radical (unpaired) electrons. The Labute approximate surface area is 122 Å². The highest BCUT2D eigenvalue weighted by Crippen LogP contribution is 2.37. The molecule has 0 aromatic heterocycles. The van der Waals surface area contributed by atoms with Gasteiger partial charge in [0, 0.05) is 6.07 Å². The highest BCUT2D eigenvalue weighted by atomic mass is 19.1. The lowest BCUT2D eigenvalue weighted by molar-refractivity contribution is -0.145. The lowest BCUT2D eigenvalue weighted by Gasteiger charge is -2.16. The SMILES string of the molecule is COc1ccc(F)c(NC(=O)C2CC(C)CC2C(=O)O)c1. The molecule has 21 heavy (non-hydrogen) atoms. The van der Waals surface area contributed by atoms with Gasteiger partial charge in [-0.25, -0.2) is 4.39 Å². The van der Waals surface area contributed by atoms with Crippen LogP contribution in [0.1, 0.15) is 19.8 Å². The van der Waals surface area contributed by atoms with Gasteiger partial charge in [-0.2, -0.15) is 0 Å². The van der Waals surface area contributed by atoms with Crippen LogP contribution in [-0.2, 0) is 9.59 Å². The molecule has 6 heteroatoms. The Kier molecular flexibility index (Phi) is 4.45. The standard InChI is InChI=1S/C15H18FNO4/c1-8-5-10(11(6-8)15(19)20)14(18)17-13-7-9(21-2)3-4-12(13)16/h3-4,7-8,10-11H,5-6H2,1-2H3,(H,17,18)(H,19,20). The Hall–Kier alpha value is -2.11. The summed E-state index contributed by atoms with van der Waals surface area (Å²) in [6, 6.07) is 4.02. The number of carbonyl (C=O) groups excluding carboxylic acids is 1. The molecular weight excluding hydrogens is 277 g/mol. The Morgan fingerprint density at radius 2 is 2.00 bits per heavy atom. The highest BCUT2D eigenvalue weighted by molar-refractivity contribution is 5.95. The van der Waals surface area contributed by atoms with Crippen LogP contribution in [0.3, 0.4) is 0 Å². The molecule has 0 heterocycles. The van der Waals surface area contributed by atoms with Gasteiger partial charge in [-0.3, -0.25) is 9.59 Å². The fourth-order valence-electron chi connectivity index (χ4n) is 2.81. The van der Waals surface area contributed by atoms with Crippen molar-refractivity contribution in [1.82, 2.24) is 0 Å². The normalized spacial score (nSPS) is 24.6. The number of carbonyl (C=O) groups is 2. The maximum atomic E-state index is 13.7. The molecule has 1 saturated carbocycles. The van der Waals surface area contributed by atoms with Gasteiger partial charge >= 0.3 is 5.97 Å². The third-order valence-corrected chi connectivity index (χ3v) is 3.88. The van der Waals surface area contributed by atoms with E-state index in [1.165, 1.54) is 25.3 Å². The number of aliphatic carboxylic acids is 1. The molecule has 1 aromatic rings. The molecule has 1 aliphatic rings. The van der Waals surface area contributed by atoms with Crippen molar-refractivity contribution in [3.63, 3.8) is 0 Å². The summed E-state index contributed by atoms with van der Waals surface area (Å²) in [5.74, 6) is -2.79. The summed E-state index contributed by atoms with van der Waals surface area (Å²) in [7, 11) is 1.44. The van der Waals surface area contributed by atoms with E-state index in [4.69, 9.17) is 4.74 Å². The molecule has 1 fully saturated rings. The average molecular weight is 295 g/mol. The number of amides is 1.